The van der Waals surface area contributed by atoms with Crippen LogP contribution in [0.25, 0.3) is 0 Å². The number of hydrogen-bond acceptors (Lipinski definition) is 3. The van der Waals surface area contributed by atoms with Gasteiger partial charge in [-0.2, -0.15) is 0 Å². The van der Waals surface area contributed by atoms with E-state index in [0.29, 0.717) is 11.8 Å². The number of carbonyl (C=O) groups excluding carboxylic acids is 1. The van der Waals surface area contributed by atoms with Crippen LogP contribution < -0.4 is 5.73 Å². The Hall–Kier alpha value is -0.870. The number of hydrogen-bond donors (Lipinski definition) is 1. The summed E-state index contributed by atoms with van der Waals surface area (Å²) in [5, 5.41) is 2.11. The Morgan fingerprint density at radius 3 is 2.55 bits per heavy atom. The number of nitrogens with zero attached hydrogens (tertiary/aromatic N) is 1. The Morgan fingerprint density at radius 2 is 2.00 bits per heavy atom. The number of piperidine rings is 1. The van der Waals surface area contributed by atoms with Gasteiger partial charge < -0.3 is 10.6 Å². The first-order valence-corrected chi connectivity index (χ1v) is 9.60. The topological polar surface area (TPSA) is 46.3 Å². The SMILES string of the molecule is CC(N)C1CCN(C(=O)C2(c3cccs3)CCCCC2)CC1. The van der Waals surface area contributed by atoms with Crippen LogP contribution in [0.15, 0.2) is 17.5 Å². The Kier molecular flexibility index (Phi) is 4.88. The van der Waals surface area contributed by atoms with Crippen molar-refractivity contribution in [3.63, 3.8) is 0 Å². The van der Waals surface area contributed by atoms with Crippen molar-refractivity contribution in [3.05, 3.63) is 22.4 Å². The van der Waals surface area contributed by atoms with Crippen molar-refractivity contribution in [2.45, 2.75) is 63.3 Å². The van der Waals surface area contributed by atoms with E-state index in [2.05, 4.69) is 29.3 Å². The third kappa shape index (κ3) is 2.95. The lowest BCUT2D eigenvalue weighted by molar-refractivity contribution is -0.140. The summed E-state index contributed by atoms with van der Waals surface area (Å²) in [6.07, 6.45) is 7.81. The third-order valence-electron chi connectivity index (χ3n) is 5.68. The molecule has 2 fully saturated rings. The molecule has 1 amide bonds. The average molecular weight is 321 g/mol. The molecule has 2 aliphatic rings. The number of amides is 1. The molecule has 122 valence electrons. The lowest BCUT2D eigenvalue weighted by Crippen LogP contribution is -2.51. The molecule has 0 aromatic carbocycles. The normalized spacial score (nSPS) is 24.2. The van der Waals surface area contributed by atoms with Gasteiger partial charge in [0.15, 0.2) is 0 Å². The van der Waals surface area contributed by atoms with Gasteiger partial charge in [-0.25, -0.2) is 0 Å². The van der Waals surface area contributed by atoms with Crippen LogP contribution in [0.2, 0.25) is 0 Å². The van der Waals surface area contributed by atoms with Crippen LogP contribution in [-0.4, -0.2) is 29.9 Å². The largest absolute Gasteiger partial charge is 0.342 e. The first-order chi connectivity index (χ1) is 10.6. The molecule has 4 heteroatoms. The molecular formula is C18H28N2OS. The Morgan fingerprint density at radius 1 is 1.32 bits per heavy atom. The minimum Gasteiger partial charge on any atom is -0.342 e. The van der Waals surface area contributed by atoms with Gasteiger partial charge in [-0.05, 0) is 50.0 Å². The molecule has 22 heavy (non-hydrogen) atoms. The predicted octanol–water partition coefficient (Wildman–Crippen LogP) is 3.54. The highest BCUT2D eigenvalue weighted by molar-refractivity contribution is 7.10. The van der Waals surface area contributed by atoms with Crippen LogP contribution in [-0.2, 0) is 10.2 Å². The fraction of sp³-hybridized carbons (Fsp3) is 0.722. The van der Waals surface area contributed by atoms with Gasteiger partial charge in [-0.1, -0.05) is 25.3 Å². The first-order valence-electron chi connectivity index (χ1n) is 8.72. The molecule has 0 bridgehead atoms. The number of thiophene rings is 1. The maximum Gasteiger partial charge on any atom is 0.234 e. The van der Waals surface area contributed by atoms with E-state index in [1.165, 1.54) is 24.1 Å². The molecule has 1 saturated heterocycles. The number of likely N-dealkylation sites (tertiary alicyclic amines) is 1. The maximum atomic E-state index is 13.4. The van der Waals surface area contributed by atoms with E-state index in [0.717, 1.165) is 38.8 Å². The summed E-state index contributed by atoms with van der Waals surface area (Å²) in [4.78, 5) is 16.8. The number of carbonyl (C=O) groups is 1. The van der Waals surface area contributed by atoms with Crippen LogP contribution in [0.5, 0.6) is 0 Å². The summed E-state index contributed by atoms with van der Waals surface area (Å²) in [5.74, 6) is 0.964. The van der Waals surface area contributed by atoms with E-state index in [1.807, 2.05) is 0 Å². The second-order valence-corrected chi connectivity index (χ2v) is 8.06. The van der Waals surface area contributed by atoms with Crippen LogP contribution in [0.1, 0.15) is 56.7 Å². The highest BCUT2D eigenvalue weighted by Crippen LogP contribution is 2.43. The smallest absolute Gasteiger partial charge is 0.234 e. The fourth-order valence-electron chi connectivity index (χ4n) is 4.20. The minimum atomic E-state index is -0.229. The van der Waals surface area contributed by atoms with Gasteiger partial charge in [0.05, 0.1) is 5.41 Å². The predicted molar refractivity (Wildman–Crippen MR) is 92.0 cm³/mol. The molecule has 3 rings (SSSR count). The molecule has 2 N–H and O–H groups in total. The Balaban J connectivity index is 1.76. The van der Waals surface area contributed by atoms with Crippen LogP contribution in [0.3, 0.4) is 0 Å². The van der Waals surface area contributed by atoms with Gasteiger partial charge in [-0.3, -0.25) is 4.79 Å². The zero-order chi connectivity index (χ0) is 15.6. The zero-order valence-corrected chi connectivity index (χ0v) is 14.4. The van der Waals surface area contributed by atoms with Gasteiger partial charge >= 0.3 is 0 Å². The van der Waals surface area contributed by atoms with E-state index in [9.17, 15) is 4.79 Å². The molecule has 1 unspecified atom stereocenters. The maximum absolute atomic E-state index is 13.4. The first kappa shape index (κ1) is 16.0. The summed E-state index contributed by atoms with van der Waals surface area (Å²) >= 11 is 1.76. The standard InChI is InChI=1S/C18H28N2OS/c1-14(19)15-7-11-20(12-8-15)17(21)18(9-3-2-4-10-18)16-6-5-13-22-16/h5-6,13-15H,2-4,7-12,19H2,1H3. The molecule has 3 nitrogen and oxygen atoms in total. The lowest BCUT2D eigenvalue weighted by atomic mass is 9.71. The molecule has 1 aromatic rings. The van der Waals surface area contributed by atoms with E-state index < -0.39 is 0 Å². The molecule has 1 saturated carbocycles. The fourth-order valence-corrected chi connectivity index (χ4v) is 5.18. The van der Waals surface area contributed by atoms with E-state index in [1.54, 1.807) is 11.3 Å². The molecular weight excluding hydrogens is 292 g/mol. The second kappa shape index (κ2) is 6.71. The van der Waals surface area contributed by atoms with Crippen molar-refractivity contribution in [2.75, 3.05) is 13.1 Å². The van der Waals surface area contributed by atoms with E-state index in [4.69, 9.17) is 5.73 Å². The number of nitrogens with two attached hydrogens (primary N) is 1. The van der Waals surface area contributed by atoms with E-state index in [-0.39, 0.29) is 11.5 Å². The van der Waals surface area contributed by atoms with Crippen molar-refractivity contribution >= 4 is 17.2 Å². The van der Waals surface area contributed by atoms with Crippen LogP contribution in [0, 0.1) is 5.92 Å². The second-order valence-electron chi connectivity index (χ2n) is 7.11. The minimum absolute atomic E-state index is 0.229. The summed E-state index contributed by atoms with van der Waals surface area (Å²) in [7, 11) is 0. The third-order valence-corrected chi connectivity index (χ3v) is 6.75. The zero-order valence-electron chi connectivity index (χ0n) is 13.6. The average Bonchev–Trinajstić information content (AvgIpc) is 3.10. The van der Waals surface area contributed by atoms with Gasteiger partial charge in [0.2, 0.25) is 5.91 Å². The van der Waals surface area contributed by atoms with Gasteiger partial charge in [0.25, 0.3) is 0 Å². The molecule has 0 spiro atoms. The van der Waals surface area contributed by atoms with Crippen molar-refractivity contribution < 1.29 is 4.79 Å². The van der Waals surface area contributed by atoms with Crippen molar-refractivity contribution in [1.82, 2.24) is 4.90 Å². The summed E-state index contributed by atoms with van der Waals surface area (Å²) in [5.41, 5.74) is 5.80. The van der Waals surface area contributed by atoms with Gasteiger partial charge in [-0.15, -0.1) is 11.3 Å². The quantitative estimate of drug-likeness (QED) is 0.926. The molecule has 2 heterocycles. The van der Waals surface area contributed by atoms with Crippen LogP contribution >= 0.6 is 11.3 Å². The molecule has 1 atom stereocenters. The summed E-state index contributed by atoms with van der Waals surface area (Å²) in [6.45, 7) is 3.87. The highest BCUT2D eigenvalue weighted by atomic mass is 32.1. The molecule has 1 aliphatic carbocycles. The van der Waals surface area contributed by atoms with Gasteiger partial charge in [0, 0.05) is 24.0 Å². The van der Waals surface area contributed by atoms with Crippen molar-refractivity contribution in [3.8, 4) is 0 Å². The molecule has 1 aromatic heterocycles. The lowest BCUT2D eigenvalue weighted by Gasteiger charge is -2.42. The Bertz CT molecular complexity index is 483. The summed E-state index contributed by atoms with van der Waals surface area (Å²) < 4.78 is 0. The van der Waals surface area contributed by atoms with Crippen molar-refractivity contribution in [2.24, 2.45) is 11.7 Å². The highest BCUT2D eigenvalue weighted by Gasteiger charge is 2.44. The van der Waals surface area contributed by atoms with Crippen molar-refractivity contribution in [1.29, 1.82) is 0 Å². The van der Waals surface area contributed by atoms with E-state index >= 15 is 0 Å². The Labute approximate surface area is 137 Å². The van der Waals surface area contributed by atoms with Gasteiger partial charge in [0.1, 0.15) is 0 Å². The molecule has 1 aliphatic heterocycles. The number of rotatable bonds is 3. The monoisotopic (exact) mass is 320 g/mol. The molecule has 0 radical (unpaired) electrons. The van der Waals surface area contributed by atoms with Crippen LogP contribution in [0.4, 0.5) is 0 Å². The summed E-state index contributed by atoms with van der Waals surface area (Å²) in [6, 6.07) is 4.51.